The number of carbonyl (C=O) groups excluding carboxylic acids is 1. The number of carbonyl (C=O) groups is 1. The largest absolute Gasteiger partial charge is 0.487 e. The zero-order chi connectivity index (χ0) is 23.6. The van der Waals surface area contributed by atoms with E-state index in [-0.39, 0.29) is 29.5 Å². The van der Waals surface area contributed by atoms with Crippen molar-refractivity contribution >= 4 is 11.6 Å². The fraction of sp³-hybridized carbons (Fsp3) is 0.318. The Morgan fingerprint density at radius 2 is 1.97 bits per heavy atom. The monoisotopic (exact) mass is 446 g/mol. The lowest BCUT2D eigenvalue weighted by molar-refractivity contribution is -0.171. The second-order valence-electron chi connectivity index (χ2n) is 7.37. The lowest BCUT2D eigenvalue weighted by Crippen LogP contribution is -2.44. The van der Waals surface area contributed by atoms with E-state index in [1.807, 2.05) is 6.92 Å². The molecule has 1 atom stereocenters. The van der Waals surface area contributed by atoms with Crippen LogP contribution < -0.4 is 10.3 Å². The molecule has 0 aliphatic carbocycles. The van der Waals surface area contributed by atoms with E-state index in [0.29, 0.717) is 11.4 Å². The fourth-order valence-electron chi connectivity index (χ4n) is 3.39. The number of pyridine rings is 2. The van der Waals surface area contributed by atoms with E-state index in [4.69, 9.17) is 9.57 Å². The van der Waals surface area contributed by atoms with Crippen molar-refractivity contribution in [2.24, 2.45) is 0 Å². The maximum absolute atomic E-state index is 13.8. The van der Waals surface area contributed by atoms with Gasteiger partial charge in [-0.25, -0.2) is 13.8 Å². The van der Waals surface area contributed by atoms with Crippen LogP contribution in [0.3, 0.4) is 0 Å². The summed E-state index contributed by atoms with van der Waals surface area (Å²) in [5.74, 6) is -1.69. The Morgan fingerprint density at radius 3 is 2.59 bits per heavy atom. The number of hydrogen-bond acceptors (Lipinski definition) is 6. The molecule has 0 radical (unpaired) electrons. The third-order valence-corrected chi connectivity index (χ3v) is 5.08. The highest BCUT2D eigenvalue weighted by Gasteiger charge is 2.28. The fourth-order valence-corrected chi connectivity index (χ4v) is 3.39. The first kappa shape index (κ1) is 23.1. The topological polar surface area (TPSA) is 76.9 Å². The third-order valence-electron chi connectivity index (χ3n) is 5.08. The highest BCUT2D eigenvalue weighted by atomic mass is 19.1. The number of halogens is 2. The Labute approximate surface area is 183 Å². The molecule has 0 spiro atoms. The van der Waals surface area contributed by atoms with Gasteiger partial charge in [0.15, 0.2) is 5.82 Å². The summed E-state index contributed by atoms with van der Waals surface area (Å²) in [5, 5.41) is 1.12. The van der Waals surface area contributed by atoms with Gasteiger partial charge in [-0.1, -0.05) is 0 Å². The number of amides is 1. The van der Waals surface area contributed by atoms with Crippen LogP contribution in [0, 0.1) is 18.6 Å². The van der Waals surface area contributed by atoms with E-state index in [9.17, 15) is 18.4 Å². The number of hydroxylamine groups is 2. The van der Waals surface area contributed by atoms with Crippen LogP contribution in [0.2, 0.25) is 0 Å². The van der Waals surface area contributed by atoms with Gasteiger partial charge in [-0.2, -0.15) is 0 Å². The molecule has 0 fully saturated rings. The minimum absolute atomic E-state index is 0.0753. The van der Waals surface area contributed by atoms with Crippen molar-refractivity contribution in [1.29, 1.82) is 0 Å². The van der Waals surface area contributed by atoms with Gasteiger partial charge in [-0.05, 0) is 25.5 Å². The van der Waals surface area contributed by atoms with Gasteiger partial charge < -0.3 is 9.64 Å². The average molecular weight is 446 g/mol. The predicted molar refractivity (Wildman–Crippen MR) is 113 cm³/mol. The predicted octanol–water partition coefficient (Wildman–Crippen LogP) is 2.49. The van der Waals surface area contributed by atoms with E-state index >= 15 is 0 Å². The van der Waals surface area contributed by atoms with Gasteiger partial charge in [-0.3, -0.25) is 24.0 Å². The van der Waals surface area contributed by atoms with Gasteiger partial charge in [0.05, 0.1) is 19.0 Å². The van der Waals surface area contributed by atoms with E-state index < -0.39 is 17.7 Å². The SMILES string of the molecule is CON(C)C(=O)[C@H]1C=C(n2c(C)cc(OCc3ncc(F)cc3F)cc2=O)C(C)=CN1C. The van der Waals surface area contributed by atoms with E-state index in [1.165, 1.54) is 24.8 Å². The molecular weight excluding hydrogens is 422 g/mol. The van der Waals surface area contributed by atoms with Crippen LogP contribution in [0.1, 0.15) is 18.3 Å². The Bertz CT molecular complexity index is 1160. The van der Waals surface area contributed by atoms with Crippen molar-refractivity contribution in [1.82, 2.24) is 19.5 Å². The van der Waals surface area contributed by atoms with E-state index in [2.05, 4.69) is 4.98 Å². The minimum atomic E-state index is -0.830. The lowest BCUT2D eigenvalue weighted by atomic mass is 10.1. The molecule has 2 aromatic heterocycles. The molecule has 8 nitrogen and oxygen atoms in total. The quantitative estimate of drug-likeness (QED) is 0.635. The van der Waals surface area contributed by atoms with Crippen molar-refractivity contribution in [2.75, 3.05) is 21.2 Å². The zero-order valence-electron chi connectivity index (χ0n) is 18.4. The number of nitrogens with zero attached hydrogens (tertiary/aromatic N) is 4. The summed E-state index contributed by atoms with van der Waals surface area (Å²) in [7, 11) is 4.67. The first-order valence-corrected chi connectivity index (χ1v) is 9.73. The smallest absolute Gasteiger partial charge is 0.272 e. The van der Waals surface area contributed by atoms with Gasteiger partial charge in [-0.15, -0.1) is 0 Å². The van der Waals surface area contributed by atoms with Gasteiger partial charge in [0.1, 0.15) is 29.9 Å². The summed E-state index contributed by atoms with van der Waals surface area (Å²) in [6, 6.07) is 2.94. The Hall–Kier alpha value is -3.53. The number of ether oxygens (including phenoxy) is 1. The molecule has 0 aromatic carbocycles. The van der Waals surface area contributed by atoms with Gasteiger partial charge in [0.2, 0.25) is 0 Å². The molecular formula is C22H24F2N4O4. The van der Waals surface area contributed by atoms with Crippen LogP contribution >= 0.6 is 0 Å². The normalized spacial score (nSPS) is 15.8. The number of aromatic nitrogens is 2. The molecule has 0 N–H and O–H groups in total. The molecule has 0 saturated heterocycles. The molecule has 3 heterocycles. The second kappa shape index (κ2) is 9.31. The molecule has 0 bridgehead atoms. The Kier molecular flexibility index (Phi) is 6.73. The number of aryl methyl sites for hydroxylation is 1. The van der Waals surface area contributed by atoms with E-state index in [0.717, 1.165) is 22.9 Å². The van der Waals surface area contributed by atoms with Crippen LogP contribution in [0.15, 0.2) is 47.0 Å². The summed E-state index contributed by atoms with van der Waals surface area (Å²) >= 11 is 0. The van der Waals surface area contributed by atoms with Crippen molar-refractivity contribution in [3.63, 3.8) is 0 Å². The minimum Gasteiger partial charge on any atom is -0.487 e. The maximum atomic E-state index is 13.8. The molecule has 0 unspecified atom stereocenters. The Morgan fingerprint density at radius 1 is 1.25 bits per heavy atom. The number of allylic oxidation sites excluding steroid dienone is 2. The molecule has 32 heavy (non-hydrogen) atoms. The van der Waals surface area contributed by atoms with E-state index in [1.54, 1.807) is 37.2 Å². The summed E-state index contributed by atoms with van der Waals surface area (Å²) in [4.78, 5) is 35.9. The Balaban J connectivity index is 1.90. The summed E-state index contributed by atoms with van der Waals surface area (Å²) in [6.45, 7) is 3.29. The average Bonchev–Trinajstić information content (AvgIpc) is 2.73. The molecule has 10 heteroatoms. The zero-order valence-corrected chi connectivity index (χ0v) is 18.4. The summed E-state index contributed by atoms with van der Waals surface area (Å²) in [5.41, 5.74) is 1.44. The molecule has 0 saturated carbocycles. The lowest BCUT2D eigenvalue weighted by Gasteiger charge is -2.32. The van der Waals surface area contributed by atoms with Gasteiger partial charge >= 0.3 is 0 Å². The highest BCUT2D eigenvalue weighted by molar-refractivity contribution is 5.86. The molecule has 1 aliphatic rings. The molecule has 170 valence electrons. The van der Waals surface area contributed by atoms with Crippen molar-refractivity contribution in [3.8, 4) is 5.75 Å². The van der Waals surface area contributed by atoms with Crippen molar-refractivity contribution < 1.29 is 23.1 Å². The third kappa shape index (κ3) is 4.70. The number of likely N-dealkylation sites (N-methyl/N-ethyl adjacent to an activating group) is 2. The van der Waals surface area contributed by atoms with Crippen molar-refractivity contribution in [3.05, 3.63) is 75.6 Å². The molecule has 1 amide bonds. The van der Waals surface area contributed by atoms with Gasteiger partial charge in [0, 0.05) is 44.2 Å². The van der Waals surface area contributed by atoms with Gasteiger partial charge in [0.25, 0.3) is 11.5 Å². The van der Waals surface area contributed by atoms with Crippen LogP contribution in [-0.2, 0) is 16.2 Å². The maximum Gasteiger partial charge on any atom is 0.272 e. The first-order chi connectivity index (χ1) is 15.1. The van der Waals surface area contributed by atoms with Crippen LogP contribution in [0.5, 0.6) is 5.75 Å². The standard InChI is InChI=1S/C22H24F2N4O4/c1-13-11-26(3)20(22(30)27(4)31-5)9-19(13)28-14(2)6-16(8-21(28)29)32-12-18-17(24)7-15(23)10-25-18/h6-11,20H,12H2,1-5H3/t20-/m1/s1. The number of rotatable bonds is 6. The van der Waals surface area contributed by atoms with Crippen LogP contribution in [0.4, 0.5) is 8.78 Å². The second-order valence-corrected chi connectivity index (χ2v) is 7.37. The molecule has 3 rings (SSSR count). The first-order valence-electron chi connectivity index (χ1n) is 9.73. The summed E-state index contributed by atoms with van der Waals surface area (Å²) < 4.78 is 33.8. The molecule has 2 aromatic rings. The van der Waals surface area contributed by atoms with Crippen LogP contribution in [-0.4, -0.2) is 52.7 Å². The van der Waals surface area contributed by atoms with Crippen LogP contribution in [0.25, 0.3) is 5.70 Å². The summed E-state index contributed by atoms with van der Waals surface area (Å²) in [6.07, 6.45) is 4.37. The van der Waals surface area contributed by atoms with Crippen molar-refractivity contribution in [2.45, 2.75) is 26.5 Å². The highest BCUT2D eigenvalue weighted by Crippen LogP contribution is 2.26. The molecule has 1 aliphatic heterocycles. The number of hydrogen-bond donors (Lipinski definition) is 0.